The van der Waals surface area contributed by atoms with Crippen LogP contribution in [0.4, 0.5) is 4.39 Å². The fourth-order valence-corrected chi connectivity index (χ4v) is 3.14. The predicted octanol–water partition coefficient (Wildman–Crippen LogP) is 2.48. The highest BCUT2D eigenvalue weighted by atomic mass is 19.1. The lowest BCUT2D eigenvalue weighted by molar-refractivity contribution is -0.122. The van der Waals surface area contributed by atoms with E-state index in [0.717, 1.165) is 12.8 Å². The lowest BCUT2D eigenvalue weighted by Gasteiger charge is -2.16. The summed E-state index contributed by atoms with van der Waals surface area (Å²) in [4.78, 5) is 24.7. The van der Waals surface area contributed by atoms with E-state index < -0.39 is 17.8 Å². The van der Waals surface area contributed by atoms with Crippen LogP contribution < -0.4 is 25.8 Å². The Morgan fingerprint density at radius 1 is 1.24 bits per heavy atom. The van der Waals surface area contributed by atoms with E-state index in [9.17, 15) is 14.0 Å². The first-order valence-electron chi connectivity index (χ1n) is 9.44. The molecule has 2 amide bonds. The quantitative estimate of drug-likeness (QED) is 0.690. The molecule has 0 saturated carbocycles. The average molecular weight is 401 g/mol. The Labute approximate surface area is 168 Å². The summed E-state index contributed by atoms with van der Waals surface area (Å²) in [6.07, 6.45) is 2.32. The molecule has 1 unspecified atom stereocenters. The molecular weight excluding hydrogens is 377 g/mol. The maximum atomic E-state index is 13.8. The molecule has 7 nitrogen and oxygen atoms in total. The van der Waals surface area contributed by atoms with E-state index in [2.05, 4.69) is 10.6 Å². The van der Waals surface area contributed by atoms with Gasteiger partial charge in [0.15, 0.2) is 11.5 Å². The molecule has 1 fully saturated rings. The second-order valence-electron chi connectivity index (χ2n) is 6.78. The van der Waals surface area contributed by atoms with Crippen molar-refractivity contribution < 1.29 is 23.5 Å². The van der Waals surface area contributed by atoms with E-state index in [1.807, 2.05) is 0 Å². The van der Waals surface area contributed by atoms with Gasteiger partial charge in [-0.1, -0.05) is 0 Å². The smallest absolute Gasteiger partial charge is 0.252 e. The van der Waals surface area contributed by atoms with E-state index in [0.29, 0.717) is 29.8 Å². The summed E-state index contributed by atoms with van der Waals surface area (Å²) in [6.45, 7) is 0.779. The Morgan fingerprint density at radius 3 is 2.83 bits per heavy atom. The number of hydrogen-bond acceptors (Lipinski definition) is 5. The van der Waals surface area contributed by atoms with Gasteiger partial charge in [0.05, 0.1) is 7.11 Å². The molecule has 1 atom stereocenters. The van der Waals surface area contributed by atoms with E-state index in [1.54, 1.807) is 18.2 Å². The highest BCUT2D eigenvalue weighted by molar-refractivity contribution is 5.98. The van der Waals surface area contributed by atoms with Crippen molar-refractivity contribution in [2.45, 2.75) is 31.8 Å². The molecule has 0 radical (unpaired) electrons. The number of carbonyl (C=O) groups excluding carboxylic acids is 2. The Bertz CT molecular complexity index is 903. The molecular formula is C21H24FN3O4. The fraction of sp³-hybridized carbons (Fsp3) is 0.333. The highest BCUT2D eigenvalue weighted by Gasteiger charge is 2.23. The van der Waals surface area contributed by atoms with Gasteiger partial charge in [-0.3, -0.25) is 9.59 Å². The van der Waals surface area contributed by atoms with Crippen LogP contribution in [0.15, 0.2) is 36.4 Å². The first-order chi connectivity index (χ1) is 14.0. The molecule has 0 aliphatic carbocycles. The first-order valence-corrected chi connectivity index (χ1v) is 9.44. The lowest BCUT2D eigenvalue weighted by Crippen LogP contribution is -2.45. The second-order valence-corrected chi connectivity index (χ2v) is 6.78. The summed E-state index contributed by atoms with van der Waals surface area (Å²) in [5.41, 5.74) is 6.46. The standard InChI is InChI=1S/C21H24FN3O4/c1-28-18-6-5-14(20(26)25-17-4-2-3-7-24-21(17)27)10-19(18)29-16-9-13(12-23)8-15(22)11-16/h5-6,8-11,17H,2-4,7,12,23H2,1H3,(H,24,27)(H,25,26). The molecule has 8 heteroatoms. The largest absolute Gasteiger partial charge is 0.493 e. The summed E-state index contributed by atoms with van der Waals surface area (Å²) >= 11 is 0. The third-order valence-corrected chi connectivity index (χ3v) is 4.66. The van der Waals surface area contributed by atoms with Crippen molar-refractivity contribution >= 4 is 11.8 Å². The van der Waals surface area contributed by atoms with Crippen LogP contribution in [0.5, 0.6) is 17.2 Å². The van der Waals surface area contributed by atoms with Crippen molar-refractivity contribution in [2.24, 2.45) is 5.73 Å². The third-order valence-electron chi connectivity index (χ3n) is 4.66. The van der Waals surface area contributed by atoms with Gasteiger partial charge in [0.25, 0.3) is 5.91 Å². The molecule has 154 valence electrons. The minimum atomic E-state index is -0.577. The monoisotopic (exact) mass is 401 g/mol. The molecule has 2 aromatic carbocycles. The molecule has 1 saturated heterocycles. The summed E-state index contributed by atoms with van der Waals surface area (Å²) in [7, 11) is 1.47. The van der Waals surface area contributed by atoms with Crippen LogP contribution >= 0.6 is 0 Å². The number of methoxy groups -OCH3 is 1. The SMILES string of the molecule is COc1ccc(C(=O)NC2CCCCNC2=O)cc1Oc1cc(F)cc(CN)c1. The van der Waals surface area contributed by atoms with Gasteiger partial charge in [-0.15, -0.1) is 0 Å². The van der Waals surface area contributed by atoms with E-state index >= 15 is 0 Å². The highest BCUT2D eigenvalue weighted by Crippen LogP contribution is 2.33. The molecule has 1 aliphatic heterocycles. The van der Waals surface area contributed by atoms with Crippen LogP contribution in [0.1, 0.15) is 35.2 Å². The maximum Gasteiger partial charge on any atom is 0.252 e. The van der Waals surface area contributed by atoms with E-state index in [1.165, 1.54) is 25.3 Å². The zero-order chi connectivity index (χ0) is 20.8. The van der Waals surface area contributed by atoms with Crippen molar-refractivity contribution in [1.29, 1.82) is 0 Å². The molecule has 0 aromatic heterocycles. The Balaban J connectivity index is 1.82. The van der Waals surface area contributed by atoms with Crippen LogP contribution in [0.2, 0.25) is 0 Å². The van der Waals surface area contributed by atoms with Crippen molar-refractivity contribution in [2.75, 3.05) is 13.7 Å². The van der Waals surface area contributed by atoms with Gasteiger partial charge in [0.1, 0.15) is 17.6 Å². The number of nitrogens with two attached hydrogens (primary N) is 1. The number of amides is 2. The molecule has 1 heterocycles. The van der Waals surface area contributed by atoms with Crippen LogP contribution in [0, 0.1) is 5.82 Å². The minimum absolute atomic E-state index is 0.164. The summed E-state index contributed by atoms with van der Waals surface area (Å²) < 4.78 is 24.8. The van der Waals surface area contributed by atoms with Gasteiger partial charge in [-0.2, -0.15) is 0 Å². The maximum absolute atomic E-state index is 13.8. The number of halogens is 1. The topological polar surface area (TPSA) is 103 Å². The Morgan fingerprint density at radius 2 is 2.07 bits per heavy atom. The molecule has 2 aromatic rings. The zero-order valence-electron chi connectivity index (χ0n) is 16.2. The predicted molar refractivity (Wildman–Crippen MR) is 105 cm³/mol. The number of ether oxygens (including phenoxy) is 2. The van der Waals surface area contributed by atoms with Crippen molar-refractivity contribution in [3.05, 3.63) is 53.3 Å². The summed E-state index contributed by atoms with van der Waals surface area (Å²) in [5, 5.41) is 5.54. The van der Waals surface area contributed by atoms with Gasteiger partial charge in [0, 0.05) is 24.7 Å². The number of hydrogen-bond donors (Lipinski definition) is 3. The molecule has 4 N–H and O–H groups in total. The van der Waals surface area contributed by atoms with Gasteiger partial charge in [-0.05, 0) is 55.2 Å². The van der Waals surface area contributed by atoms with Crippen molar-refractivity contribution in [3.63, 3.8) is 0 Å². The van der Waals surface area contributed by atoms with Gasteiger partial charge < -0.3 is 25.8 Å². The molecule has 29 heavy (non-hydrogen) atoms. The number of benzene rings is 2. The molecule has 1 aliphatic rings. The van der Waals surface area contributed by atoms with Crippen molar-refractivity contribution in [3.8, 4) is 17.2 Å². The van der Waals surface area contributed by atoms with Gasteiger partial charge in [0.2, 0.25) is 5.91 Å². The average Bonchev–Trinajstić information content (AvgIpc) is 2.91. The second kappa shape index (κ2) is 9.38. The summed E-state index contributed by atoms with van der Waals surface area (Å²) in [6, 6.07) is 8.24. The van der Waals surface area contributed by atoms with Crippen LogP contribution in [-0.4, -0.2) is 31.5 Å². The van der Waals surface area contributed by atoms with E-state index in [-0.39, 0.29) is 24.0 Å². The van der Waals surface area contributed by atoms with Crippen LogP contribution in [0.25, 0.3) is 0 Å². The third kappa shape index (κ3) is 5.23. The summed E-state index contributed by atoms with van der Waals surface area (Å²) in [5.74, 6) is -0.192. The Hall–Kier alpha value is -3.13. The number of nitrogens with one attached hydrogen (secondary N) is 2. The zero-order valence-corrected chi connectivity index (χ0v) is 16.2. The van der Waals surface area contributed by atoms with Gasteiger partial charge >= 0.3 is 0 Å². The number of carbonyl (C=O) groups is 2. The molecule has 3 rings (SSSR count). The Kier molecular flexibility index (Phi) is 6.66. The number of rotatable bonds is 6. The first kappa shape index (κ1) is 20.6. The molecule has 0 bridgehead atoms. The lowest BCUT2D eigenvalue weighted by atomic mass is 10.1. The normalized spacial score (nSPS) is 16.5. The molecule has 0 spiro atoms. The van der Waals surface area contributed by atoms with Crippen LogP contribution in [0.3, 0.4) is 0 Å². The van der Waals surface area contributed by atoms with Crippen LogP contribution in [-0.2, 0) is 11.3 Å². The van der Waals surface area contributed by atoms with Gasteiger partial charge in [-0.25, -0.2) is 4.39 Å². The van der Waals surface area contributed by atoms with E-state index in [4.69, 9.17) is 15.2 Å². The van der Waals surface area contributed by atoms with Crippen molar-refractivity contribution in [1.82, 2.24) is 10.6 Å². The fourth-order valence-electron chi connectivity index (χ4n) is 3.14. The minimum Gasteiger partial charge on any atom is -0.493 e.